The molecule has 1 atom stereocenters. The SMILES string of the molecule is CC(Cl)C(=O)Cc1ccc(F)cc1. The van der Waals surface area contributed by atoms with Crippen LogP contribution >= 0.6 is 11.6 Å². The lowest BCUT2D eigenvalue weighted by atomic mass is 10.1. The van der Waals surface area contributed by atoms with Crippen LogP contribution in [0.4, 0.5) is 4.39 Å². The maximum atomic E-state index is 12.5. The van der Waals surface area contributed by atoms with Gasteiger partial charge in [-0.3, -0.25) is 4.79 Å². The van der Waals surface area contributed by atoms with Gasteiger partial charge in [0.1, 0.15) is 5.82 Å². The van der Waals surface area contributed by atoms with Gasteiger partial charge in [-0.25, -0.2) is 4.39 Å². The molecule has 0 spiro atoms. The highest BCUT2D eigenvalue weighted by Crippen LogP contribution is 2.07. The second kappa shape index (κ2) is 4.38. The predicted molar refractivity (Wildman–Crippen MR) is 50.4 cm³/mol. The van der Waals surface area contributed by atoms with E-state index < -0.39 is 5.38 Å². The predicted octanol–water partition coefficient (Wildman–Crippen LogP) is 2.56. The summed E-state index contributed by atoms with van der Waals surface area (Å²) >= 11 is 5.59. The lowest BCUT2D eigenvalue weighted by Crippen LogP contribution is -2.12. The Morgan fingerprint density at radius 2 is 2.00 bits per heavy atom. The molecule has 3 heteroatoms. The first kappa shape index (κ1) is 10.2. The fraction of sp³-hybridized carbons (Fsp3) is 0.300. The van der Waals surface area contributed by atoms with Crippen LogP contribution in [0.3, 0.4) is 0 Å². The van der Waals surface area contributed by atoms with Crippen molar-refractivity contribution in [2.45, 2.75) is 18.7 Å². The highest BCUT2D eigenvalue weighted by atomic mass is 35.5. The molecule has 1 aromatic carbocycles. The van der Waals surface area contributed by atoms with Crippen LogP contribution in [-0.2, 0) is 11.2 Å². The second-order valence-electron chi connectivity index (χ2n) is 2.89. The number of carbonyl (C=O) groups excluding carboxylic acids is 1. The molecule has 0 N–H and O–H groups in total. The average molecular weight is 201 g/mol. The van der Waals surface area contributed by atoms with Gasteiger partial charge in [-0.2, -0.15) is 0 Å². The molecule has 13 heavy (non-hydrogen) atoms. The molecule has 0 bridgehead atoms. The van der Waals surface area contributed by atoms with E-state index in [0.29, 0.717) is 0 Å². The Morgan fingerprint density at radius 1 is 1.46 bits per heavy atom. The van der Waals surface area contributed by atoms with Gasteiger partial charge in [0.25, 0.3) is 0 Å². The molecule has 1 nitrogen and oxygen atoms in total. The normalized spacial score (nSPS) is 12.5. The van der Waals surface area contributed by atoms with E-state index in [1.165, 1.54) is 12.1 Å². The largest absolute Gasteiger partial charge is 0.298 e. The Kier molecular flexibility index (Phi) is 3.43. The molecular weight excluding hydrogens is 191 g/mol. The molecule has 0 fully saturated rings. The van der Waals surface area contributed by atoms with Crippen molar-refractivity contribution in [3.63, 3.8) is 0 Å². The van der Waals surface area contributed by atoms with Gasteiger partial charge >= 0.3 is 0 Å². The number of hydrogen-bond acceptors (Lipinski definition) is 1. The summed E-state index contributed by atoms with van der Waals surface area (Å²) in [5, 5.41) is -0.481. The molecule has 70 valence electrons. The first-order valence-electron chi connectivity index (χ1n) is 4.01. The van der Waals surface area contributed by atoms with Gasteiger partial charge in [-0.05, 0) is 24.6 Å². The zero-order chi connectivity index (χ0) is 9.84. The third-order valence-corrected chi connectivity index (χ3v) is 1.98. The van der Waals surface area contributed by atoms with Crippen molar-refractivity contribution in [3.05, 3.63) is 35.6 Å². The summed E-state index contributed by atoms with van der Waals surface area (Å²) in [6.45, 7) is 1.63. The molecule has 0 aromatic heterocycles. The van der Waals surface area contributed by atoms with E-state index in [2.05, 4.69) is 0 Å². The van der Waals surface area contributed by atoms with Gasteiger partial charge in [-0.1, -0.05) is 12.1 Å². The molecule has 0 aliphatic rings. The van der Waals surface area contributed by atoms with Crippen LogP contribution in [-0.4, -0.2) is 11.2 Å². The molecule has 0 heterocycles. The van der Waals surface area contributed by atoms with Crippen LogP contribution in [0.1, 0.15) is 12.5 Å². The Balaban J connectivity index is 2.65. The molecule has 0 saturated carbocycles. The Labute approximate surface area is 81.5 Å². The van der Waals surface area contributed by atoms with E-state index in [1.807, 2.05) is 0 Å². The zero-order valence-corrected chi connectivity index (χ0v) is 8.01. The van der Waals surface area contributed by atoms with E-state index >= 15 is 0 Å². The molecule has 1 aromatic rings. The fourth-order valence-corrected chi connectivity index (χ4v) is 1.02. The van der Waals surface area contributed by atoms with E-state index in [1.54, 1.807) is 19.1 Å². The highest BCUT2D eigenvalue weighted by Gasteiger charge is 2.09. The summed E-state index contributed by atoms with van der Waals surface area (Å²) < 4.78 is 12.5. The summed E-state index contributed by atoms with van der Waals surface area (Å²) in [5.41, 5.74) is 0.791. The average Bonchev–Trinajstić information content (AvgIpc) is 2.08. The zero-order valence-electron chi connectivity index (χ0n) is 7.26. The molecule has 0 aliphatic heterocycles. The molecule has 0 amide bonds. The molecule has 1 rings (SSSR count). The topological polar surface area (TPSA) is 17.1 Å². The number of hydrogen-bond donors (Lipinski definition) is 0. The Bertz CT molecular complexity index is 292. The van der Waals surface area contributed by atoms with Crippen LogP contribution in [0.2, 0.25) is 0 Å². The standard InChI is InChI=1S/C10H10ClFO/c1-7(11)10(13)6-8-2-4-9(12)5-3-8/h2-5,7H,6H2,1H3. The number of alkyl halides is 1. The van der Waals surface area contributed by atoms with Gasteiger partial charge in [-0.15, -0.1) is 11.6 Å². The molecular formula is C10H10ClFO. The van der Waals surface area contributed by atoms with Gasteiger partial charge < -0.3 is 0 Å². The van der Waals surface area contributed by atoms with E-state index in [-0.39, 0.29) is 18.0 Å². The number of benzene rings is 1. The van der Waals surface area contributed by atoms with E-state index in [9.17, 15) is 9.18 Å². The Hall–Kier alpha value is -0.890. The van der Waals surface area contributed by atoms with Crippen molar-refractivity contribution in [1.82, 2.24) is 0 Å². The summed E-state index contributed by atoms with van der Waals surface area (Å²) in [7, 11) is 0. The van der Waals surface area contributed by atoms with Gasteiger partial charge in [0.05, 0.1) is 5.38 Å². The monoisotopic (exact) mass is 200 g/mol. The summed E-state index contributed by atoms with van der Waals surface area (Å²) in [6, 6.07) is 5.85. The fourth-order valence-electron chi connectivity index (χ4n) is 0.944. The Morgan fingerprint density at radius 3 is 2.46 bits per heavy atom. The maximum absolute atomic E-state index is 12.5. The van der Waals surface area contributed by atoms with Crippen molar-refractivity contribution in [2.24, 2.45) is 0 Å². The highest BCUT2D eigenvalue weighted by molar-refractivity contribution is 6.30. The van der Waals surface area contributed by atoms with Crippen LogP contribution in [0, 0.1) is 5.82 Å². The second-order valence-corrected chi connectivity index (χ2v) is 3.54. The lowest BCUT2D eigenvalue weighted by Gasteiger charge is -2.01. The van der Waals surface area contributed by atoms with E-state index in [0.717, 1.165) is 5.56 Å². The smallest absolute Gasteiger partial charge is 0.154 e. The number of carbonyl (C=O) groups is 1. The molecule has 0 aliphatic carbocycles. The number of rotatable bonds is 3. The van der Waals surface area contributed by atoms with Crippen molar-refractivity contribution in [1.29, 1.82) is 0 Å². The summed E-state index contributed by atoms with van der Waals surface area (Å²) in [5.74, 6) is -0.344. The first-order valence-corrected chi connectivity index (χ1v) is 4.44. The number of Topliss-reactive ketones (excluding diaryl/α,β-unsaturated/α-hetero) is 1. The third kappa shape index (κ3) is 3.15. The van der Waals surface area contributed by atoms with Crippen molar-refractivity contribution >= 4 is 17.4 Å². The quantitative estimate of drug-likeness (QED) is 0.686. The van der Waals surface area contributed by atoms with Crippen LogP contribution in [0.15, 0.2) is 24.3 Å². The van der Waals surface area contributed by atoms with E-state index in [4.69, 9.17) is 11.6 Å². The lowest BCUT2D eigenvalue weighted by molar-refractivity contribution is -0.117. The van der Waals surface area contributed by atoms with Gasteiger partial charge in [0.15, 0.2) is 5.78 Å². The van der Waals surface area contributed by atoms with Crippen LogP contribution < -0.4 is 0 Å². The van der Waals surface area contributed by atoms with Crippen molar-refractivity contribution in [2.75, 3.05) is 0 Å². The van der Waals surface area contributed by atoms with Gasteiger partial charge in [0, 0.05) is 6.42 Å². The minimum absolute atomic E-state index is 0.0479. The number of ketones is 1. The molecule has 1 unspecified atom stereocenters. The van der Waals surface area contributed by atoms with Crippen molar-refractivity contribution < 1.29 is 9.18 Å². The molecule has 0 radical (unpaired) electrons. The maximum Gasteiger partial charge on any atom is 0.154 e. The van der Waals surface area contributed by atoms with Crippen LogP contribution in [0.25, 0.3) is 0 Å². The molecule has 0 saturated heterocycles. The minimum atomic E-state index is -0.481. The minimum Gasteiger partial charge on any atom is -0.298 e. The van der Waals surface area contributed by atoms with Crippen LogP contribution in [0.5, 0.6) is 0 Å². The number of halogens is 2. The third-order valence-electron chi connectivity index (χ3n) is 1.74. The summed E-state index contributed by atoms with van der Waals surface area (Å²) in [4.78, 5) is 11.2. The van der Waals surface area contributed by atoms with Gasteiger partial charge in [0.2, 0.25) is 0 Å². The first-order chi connectivity index (χ1) is 6.09. The summed E-state index contributed by atoms with van der Waals surface area (Å²) in [6.07, 6.45) is 0.269. The van der Waals surface area contributed by atoms with Crippen molar-refractivity contribution in [3.8, 4) is 0 Å².